The Hall–Kier alpha value is -6.42. The van der Waals surface area contributed by atoms with Crippen LogP contribution < -0.4 is 0 Å². The highest BCUT2D eigenvalue weighted by molar-refractivity contribution is 5.92. The number of alkyl halides is 6. The summed E-state index contributed by atoms with van der Waals surface area (Å²) in [4.78, 5) is 19.2. The lowest BCUT2D eigenvalue weighted by atomic mass is 9.98. The van der Waals surface area contributed by atoms with E-state index in [4.69, 9.17) is 19.9 Å². The van der Waals surface area contributed by atoms with Gasteiger partial charge >= 0.3 is 12.4 Å². The van der Waals surface area contributed by atoms with Gasteiger partial charge in [0.15, 0.2) is 0 Å². The Morgan fingerprint density at radius 1 is 0.308 bits per heavy atom. The van der Waals surface area contributed by atoms with Crippen LogP contribution in [0.1, 0.15) is 11.1 Å². The molecule has 2 aromatic heterocycles. The van der Waals surface area contributed by atoms with E-state index in [0.29, 0.717) is 55.7 Å². The molecule has 4 nitrogen and oxygen atoms in total. The van der Waals surface area contributed by atoms with Crippen LogP contribution in [-0.2, 0) is 12.4 Å². The topological polar surface area (TPSA) is 51.6 Å². The molecule has 0 bridgehead atoms. The monoisotopic (exact) mass is 698 g/mol. The first-order valence-electron chi connectivity index (χ1n) is 16.1. The molecule has 0 saturated heterocycles. The van der Waals surface area contributed by atoms with Gasteiger partial charge in [0, 0.05) is 22.3 Å². The molecule has 52 heavy (non-hydrogen) atoms. The smallest absolute Gasteiger partial charge is 0.244 e. The zero-order valence-corrected chi connectivity index (χ0v) is 26.9. The molecule has 10 heteroatoms. The van der Waals surface area contributed by atoms with Gasteiger partial charge in [0.1, 0.15) is 0 Å². The number of hydrogen-bond donors (Lipinski definition) is 0. The predicted molar refractivity (Wildman–Crippen MR) is 190 cm³/mol. The maximum Gasteiger partial charge on any atom is 0.417 e. The second-order valence-corrected chi connectivity index (χ2v) is 12.1. The van der Waals surface area contributed by atoms with Crippen molar-refractivity contribution >= 4 is 22.1 Å². The highest BCUT2D eigenvalue weighted by atomic mass is 19.4. The number of hydrogen-bond acceptors (Lipinski definition) is 4. The van der Waals surface area contributed by atoms with Crippen LogP contribution in [0.2, 0.25) is 0 Å². The van der Waals surface area contributed by atoms with E-state index in [1.54, 1.807) is 72.8 Å². The van der Waals surface area contributed by atoms with Crippen molar-refractivity contribution in [3.05, 3.63) is 157 Å². The van der Waals surface area contributed by atoms with Crippen LogP contribution in [0.25, 0.3) is 78.2 Å². The lowest BCUT2D eigenvalue weighted by Crippen LogP contribution is -2.08. The number of fused-ring (bicyclic) bond motifs is 2. The zero-order chi connectivity index (χ0) is 36.0. The fourth-order valence-electron chi connectivity index (χ4n) is 6.31. The van der Waals surface area contributed by atoms with Crippen LogP contribution in [0.3, 0.4) is 0 Å². The average molecular weight is 699 g/mol. The van der Waals surface area contributed by atoms with Crippen LogP contribution in [-0.4, -0.2) is 19.9 Å². The van der Waals surface area contributed by atoms with Crippen molar-refractivity contribution in [1.82, 2.24) is 19.9 Å². The van der Waals surface area contributed by atoms with Crippen LogP contribution in [0.15, 0.2) is 146 Å². The SMILES string of the molecule is FC(F)(F)c1ccccc1-c1nc2cc(-c3ccc4nc(-c5ccccc5)c(-c5ccccc5C(F)(F)F)nc4c3)ccc2nc1-c1ccccc1. The van der Waals surface area contributed by atoms with Crippen molar-refractivity contribution in [3.8, 4) is 56.2 Å². The average Bonchev–Trinajstić information content (AvgIpc) is 3.16. The minimum Gasteiger partial charge on any atom is -0.244 e. The molecule has 0 unspecified atom stereocenters. The van der Waals surface area contributed by atoms with Gasteiger partial charge in [0.05, 0.1) is 56.0 Å². The van der Waals surface area contributed by atoms with Crippen LogP contribution in [0.5, 0.6) is 0 Å². The molecule has 0 N–H and O–H groups in total. The van der Waals surface area contributed by atoms with E-state index in [9.17, 15) is 26.3 Å². The van der Waals surface area contributed by atoms with E-state index >= 15 is 0 Å². The number of rotatable bonds is 5. The second-order valence-electron chi connectivity index (χ2n) is 12.1. The third-order valence-corrected chi connectivity index (χ3v) is 8.73. The standard InChI is InChI=1S/C42H24F6N4/c43-41(44,45)31-17-9-7-15-29(31)39-37(25-11-3-1-4-12-25)49-33-21-19-27(23-35(33)51-39)28-20-22-34-36(24-28)52-40(38(50-34)26-13-5-2-6-14-26)30-16-8-10-18-32(30)42(46,47)48/h1-24H. The highest BCUT2D eigenvalue weighted by Gasteiger charge is 2.36. The summed E-state index contributed by atoms with van der Waals surface area (Å²) in [6, 6.07) is 38.9. The molecular formula is C42H24F6N4. The van der Waals surface area contributed by atoms with E-state index in [-0.39, 0.29) is 22.5 Å². The van der Waals surface area contributed by atoms with Crippen molar-refractivity contribution in [2.24, 2.45) is 0 Å². The van der Waals surface area contributed by atoms with Gasteiger partial charge in [-0.05, 0) is 47.5 Å². The first-order valence-corrected chi connectivity index (χ1v) is 16.1. The molecule has 0 aliphatic heterocycles. The van der Waals surface area contributed by atoms with Crippen molar-refractivity contribution in [1.29, 1.82) is 0 Å². The minimum atomic E-state index is -4.63. The summed E-state index contributed by atoms with van der Waals surface area (Å²) in [5, 5.41) is 0. The van der Waals surface area contributed by atoms with Gasteiger partial charge in [0.25, 0.3) is 0 Å². The van der Waals surface area contributed by atoms with E-state index in [1.807, 2.05) is 24.3 Å². The number of nitrogens with zero attached hydrogens (tertiary/aromatic N) is 4. The van der Waals surface area contributed by atoms with Gasteiger partial charge in [-0.3, -0.25) is 0 Å². The molecule has 0 radical (unpaired) electrons. The van der Waals surface area contributed by atoms with Gasteiger partial charge in [0.2, 0.25) is 0 Å². The first kappa shape index (κ1) is 32.8. The summed E-state index contributed by atoms with van der Waals surface area (Å²) in [6.45, 7) is 0. The molecule has 0 aliphatic rings. The summed E-state index contributed by atoms with van der Waals surface area (Å²) < 4.78 is 85.3. The largest absolute Gasteiger partial charge is 0.417 e. The maximum absolute atomic E-state index is 14.2. The molecular weight excluding hydrogens is 674 g/mol. The fourth-order valence-corrected chi connectivity index (χ4v) is 6.31. The van der Waals surface area contributed by atoms with E-state index < -0.39 is 23.5 Å². The third kappa shape index (κ3) is 6.12. The van der Waals surface area contributed by atoms with Crippen molar-refractivity contribution in [3.63, 3.8) is 0 Å². The normalized spacial score (nSPS) is 12.0. The predicted octanol–water partition coefficient (Wildman–Crippen LogP) is 11.9. The van der Waals surface area contributed by atoms with Gasteiger partial charge in [-0.2, -0.15) is 26.3 Å². The molecule has 0 atom stereocenters. The molecule has 0 saturated carbocycles. The van der Waals surface area contributed by atoms with Gasteiger partial charge in [-0.15, -0.1) is 0 Å². The summed E-state index contributed by atoms with van der Waals surface area (Å²) >= 11 is 0. The van der Waals surface area contributed by atoms with Gasteiger partial charge in [-0.25, -0.2) is 19.9 Å². The Kier molecular flexibility index (Phi) is 8.02. The number of halogens is 6. The first-order chi connectivity index (χ1) is 25.0. The molecule has 8 aromatic rings. The molecule has 2 heterocycles. The van der Waals surface area contributed by atoms with E-state index in [0.717, 1.165) is 12.1 Å². The Morgan fingerprint density at radius 2 is 0.654 bits per heavy atom. The molecule has 8 rings (SSSR count). The quantitative estimate of drug-likeness (QED) is 0.168. The van der Waals surface area contributed by atoms with Crippen molar-refractivity contribution in [2.75, 3.05) is 0 Å². The number of aromatic nitrogens is 4. The fraction of sp³-hybridized carbons (Fsp3) is 0.0476. The Bertz CT molecular complexity index is 2420. The lowest BCUT2D eigenvalue weighted by Gasteiger charge is -2.16. The lowest BCUT2D eigenvalue weighted by molar-refractivity contribution is -0.137. The molecule has 254 valence electrons. The summed E-state index contributed by atoms with van der Waals surface area (Å²) in [6.07, 6.45) is -9.26. The van der Waals surface area contributed by atoms with E-state index in [2.05, 4.69) is 0 Å². The zero-order valence-electron chi connectivity index (χ0n) is 26.9. The Morgan fingerprint density at radius 3 is 1.04 bits per heavy atom. The van der Waals surface area contributed by atoms with Crippen LogP contribution in [0, 0.1) is 0 Å². The maximum atomic E-state index is 14.2. The minimum absolute atomic E-state index is 0.0783. The molecule has 0 amide bonds. The third-order valence-electron chi connectivity index (χ3n) is 8.73. The summed E-state index contributed by atoms with van der Waals surface area (Å²) in [7, 11) is 0. The Labute approximate surface area is 293 Å². The molecule has 0 spiro atoms. The van der Waals surface area contributed by atoms with Gasteiger partial charge in [-0.1, -0.05) is 109 Å². The summed E-state index contributed by atoms with van der Waals surface area (Å²) in [5.41, 5.74) is 3.07. The number of benzene rings is 6. The van der Waals surface area contributed by atoms with E-state index in [1.165, 1.54) is 36.4 Å². The van der Waals surface area contributed by atoms with Crippen molar-refractivity contribution < 1.29 is 26.3 Å². The van der Waals surface area contributed by atoms with Crippen LogP contribution >= 0.6 is 0 Å². The van der Waals surface area contributed by atoms with Crippen molar-refractivity contribution in [2.45, 2.75) is 12.4 Å². The van der Waals surface area contributed by atoms with Crippen LogP contribution in [0.4, 0.5) is 26.3 Å². The summed E-state index contributed by atoms with van der Waals surface area (Å²) in [5.74, 6) is 0. The molecule has 0 aliphatic carbocycles. The molecule has 6 aromatic carbocycles. The Balaban J connectivity index is 1.30. The second kappa shape index (κ2) is 12.7. The van der Waals surface area contributed by atoms with Gasteiger partial charge < -0.3 is 0 Å². The molecule has 0 fully saturated rings. The highest BCUT2D eigenvalue weighted by Crippen LogP contribution is 2.42.